The molecule has 2 rings (SSSR count). The molecule has 0 unspecified atom stereocenters. The molecule has 126 valence electrons. The van der Waals surface area contributed by atoms with E-state index in [1.165, 1.54) is 20.4 Å². The predicted molar refractivity (Wildman–Crippen MR) is 92.3 cm³/mol. The van der Waals surface area contributed by atoms with Gasteiger partial charge in [-0.2, -0.15) is 5.10 Å². The van der Waals surface area contributed by atoms with Gasteiger partial charge in [0.15, 0.2) is 11.5 Å². The molecule has 0 aliphatic heterocycles. The first-order chi connectivity index (χ1) is 11.6. The van der Waals surface area contributed by atoms with Crippen LogP contribution < -0.4 is 19.6 Å². The van der Waals surface area contributed by atoms with Crippen molar-refractivity contribution in [2.24, 2.45) is 5.10 Å². The highest BCUT2D eigenvalue weighted by Crippen LogP contribution is 2.38. The molecular weight excluding hydrogens is 308 g/mol. The summed E-state index contributed by atoms with van der Waals surface area (Å²) in [6.45, 7) is 1.87. The van der Waals surface area contributed by atoms with E-state index in [-0.39, 0.29) is 5.91 Å². The maximum absolute atomic E-state index is 12.1. The zero-order valence-corrected chi connectivity index (χ0v) is 14.1. The van der Waals surface area contributed by atoms with Gasteiger partial charge in [-0.25, -0.2) is 5.43 Å². The normalized spacial score (nSPS) is 10.5. The standard InChI is InChI=1S/C18H20N2O4/c1-12-7-5-6-8-14(12)18(21)20-19-11-13-9-10-15(22-2)17(24-4)16(13)23-3/h5-11H,1-4H3,(H,20,21)/b19-11-. The molecule has 0 spiro atoms. The van der Waals surface area contributed by atoms with E-state index in [9.17, 15) is 4.79 Å². The molecule has 1 N–H and O–H groups in total. The SMILES string of the molecule is COc1ccc(/C=N\NC(=O)c2ccccc2C)c(OC)c1OC. The van der Waals surface area contributed by atoms with Gasteiger partial charge in [0, 0.05) is 11.1 Å². The van der Waals surface area contributed by atoms with E-state index in [0.717, 1.165) is 5.56 Å². The van der Waals surface area contributed by atoms with Gasteiger partial charge in [0.25, 0.3) is 5.91 Å². The van der Waals surface area contributed by atoms with Gasteiger partial charge >= 0.3 is 0 Å². The van der Waals surface area contributed by atoms with Crippen LogP contribution in [0, 0.1) is 6.92 Å². The van der Waals surface area contributed by atoms with Crippen molar-refractivity contribution in [1.29, 1.82) is 0 Å². The lowest BCUT2D eigenvalue weighted by molar-refractivity contribution is 0.0954. The Morgan fingerprint density at radius 3 is 2.33 bits per heavy atom. The molecule has 0 fully saturated rings. The van der Waals surface area contributed by atoms with Crippen LogP contribution in [0.25, 0.3) is 0 Å². The summed E-state index contributed by atoms with van der Waals surface area (Å²) in [7, 11) is 4.61. The fourth-order valence-corrected chi connectivity index (χ4v) is 2.27. The average molecular weight is 328 g/mol. The minimum absolute atomic E-state index is 0.274. The first-order valence-corrected chi connectivity index (χ1v) is 7.30. The maximum atomic E-state index is 12.1. The molecule has 0 aromatic heterocycles. The van der Waals surface area contributed by atoms with Gasteiger partial charge < -0.3 is 14.2 Å². The third kappa shape index (κ3) is 3.65. The monoisotopic (exact) mass is 328 g/mol. The van der Waals surface area contributed by atoms with Crippen LogP contribution in [0.3, 0.4) is 0 Å². The number of amides is 1. The number of carbonyl (C=O) groups is 1. The second-order valence-corrected chi connectivity index (χ2v) is 4.94. The van der Waals surface area contributed by atoms with Crippen LogP contribution >= 0.6 is 0 Å². The summed E-state index contributed by atoms with van der Waals surface area (Å²) in [4.78, 5) is 12.1. The lowest BCUT2D eigenvalue weighted by Gasteiger charge is -2.13. The molecule has 2 aromatic carbocycles. The molecule has 0 bridgehead atoms. The minimum Gasteiger partial charge on any atom is -0.493 e. The molecule has 0 heterocycles. The van der Waals surface area contributed by atoms with E-state index in [1.54, 1.807) is 25.3 Å². The Bertz CT molecular complexity index is 757. The molecule has 0 aliphatic carbocycles. The molecule has 6 nitrogen and oxygen atoms in total. The average Bonchev–Trinajstić information content (AvgIpc) is 2.61. The van der Waals surface area contributed by atoms with Crippen LogP contribution in [0.1, 0.15) is 21.5 Å². The second-order valence-electron chi connectivity index (χ2n) is 4.94. The Hall–Kier alpha value is -3.02. The van der Waals surface area contributed by atoms with Gasteiger partial charge in [0.05, 0.1) is 27.5 Å². The van der Waals surface area contributed by atoms with Gasteiger partial charge in [-0.05, 0) is 30.7 Å². The summed E-state index contributed by atoms with van der Waals surface area (Å²) < 4.78 is 15.9. The summed E-state index contributed by atoms with van der Waals surface area (Å²) in [5.41, 5.74) is 4.62. The van der Waals surface area contributed by atoms with E-state index in [0.29, 0.717) is 28.4 Å². The number of aryl methyl sites for hydroxylation is 1. The number of rotatable bonds is 6. The topological polar surface area (TPSA) is 69.2 Å². The number of nitrogens with one attached hydrogen (secondary N) is 1. The van der Waals surface area contributed by atoms with Crippen LogP contribution in [-0.4, -0.2) is 33.5 Å². The van der Waals surface area contributed by atoms with Crippen molar-refractivity contribution < 1.29 is 19.0 Å². The summed E-state index contributed by atoms with van der Waals surface area (Å²) in [5.74, 6) is 1.22. The Balaban J connectivity index is 2.20. The van der Waals surface area contributed by atoms with Gasteiger partial charge in [0.2, 0.25) is 5.75 Å². The molecule has 0 atom stereocenters. The molecule has 1 amide bonds. The molecular formula is C18H20N2O4. The van der Waals surface area contributed by atoms with E-state index in [4.69, 9.17) is 14.2 Å². The molecule has 0 saturated carbocycles. The number of hydrazone groups is 1. The van der Waals surface area contributed by atoms with Gasteiger partial charge in [-0.15, -0.1) is 0 Å². The zero-order chi connectivity index (χ0) is 17.5. The van der Waals surface area contributed by atoms with Crippen molar-refractivity contribution in [3.63, 3.8) is 0 Å². The second kappa shape index (κ2) is 8.01. The highest BCUT2D eigenvalue weighted by Gasteiger charge is 2.14. The maximum Gasteiger partial charge on any atom is 0.271 e. The van der Waals surface area contributed by atoms with Gasteiger partial charge in [0.1, 0.15) is 0 Å². The Kier molecular flexibility index (Phi) is 5.78. The van der Waals surface area contributed by atoms with Crippen molar-refractivity contribution in [1.82, 2.24) is 5.43 Å². The fraction of sp³-hybridized carbons (Fsp3) is 0.222. The van der Waals surface area contributed by atoms with E-state index < -0.39 is 0 Å². The Labute approximate surface area is 141 Å². The number of ether oxygens (including phenoxy) is 3. The molecule has 2 aromatic rings. The molecule has 0 saturated heterocycles. The summed E-state index contributed by atoms with van der Waals surface area (Å²) in [6, 6.07) is 10.8. The first kappa shape index (κ1) is 17.3. The van der Waals surface area contributed by atoms with Crippen molar-refractivity contribution >= 4 is 12.1 Å². The van der Waals surface area contributed by atoms with Crippen molar-refractivity contribution in [2.45, 2.75) is 6.92 Å². The van der Waals surface area contributed by atoms with Crippen LogP contribution in [0.2, 0.25) is 0 Å². The number of carbonyl (C=O) groups excluding carboxylic acids is 1. The third-order valence-electron chi connectivity index (χ3n) is 3.49. The molecule has 0 aliphatic rings. The van der Waals surface area contributed by atoms with E-state index in [1.807, 2.05) is 25.1 Å². The van der Waals surface area contributed by atoms with E-state index >= 15 is 0 Å². The summed E-state index contributed by atoms with van der Waals surface area (Å²) in [6.07, 6.45) is 1.50. The molecule has 24 heavy (non-hydrogen) atoms. The van der Waals surface area contributed by atoms with Crippen LogP contribution in [-0.2, 0) is 0 Å². The number of benzene rings is 2. The fourth-order valence-electron chi connectivity index (χ4n) is 2.27. The van der Waals surface area contributed by atoms with Crippen LogP contribution in [0.4, 0.5) is 0 Å². The number of hydrogen-bond donors (Lipinski definition) is 1. The van der Waals surface area contributed by atoms with Crippen molar-refractivity contribution in [3.05, 3.63) is 53.1 Å². The smallest absolute Gasteiger partial charge is 0.271 e. The van der Waals surface area contributed by atoms with Crippen molar-refractivity contribution in [3.8, 4) is 17.2 Å². The van der Waals surface area contributed by atoms with Crippen LogP contribution in [0.5, 0.6) is 17.2 Å². The third-order valence-corrected chi connectivity index (χ3v) is 3.49. The van der Waals surface area contributed by atoms with Crippen molar-refractivity contribution in [2.75, 3.05) is 21.3 Å². The van der Waals surface area contributed by atoms with Crippen LogP contribution in [0.15, 0.2) is 41.5 Å². The highest BCUT2D eigenvalue weighted by molar-refractivity contribution is 5.96. The zero-order valence-electron chi connectivity index (χ0n) is 14.1. The largest absolute Gasteiger partial charge is 0.493 e. The number of nitrogens with zero attached hydrogens (tertiary/aromatic N) is 1. The van der Waals surface area contributed by atoms with E-state index in [2.05, 4.69) is 10.5 Å². The minimum atomic E-state index is -0.274. The lowest BCUT2D eigenvalue weighted by atomic mass is 10.1. The molecule has 0 radical (unpaired) electrons. The predicted octanol–water partition coefficient (Wildman–Crippen LogP) is 2.78. The quantitative estimate of drug-likeness (QED) is 0.654. The lowest BCUT2D eigenvalue weighted by Crippen LogP contribution is -2.18. The number of hydrogen-bond acceptors (Lipinski definition) is 5. The summed E-state index contributed by atoms with van der Waals surface area (Å²) in [5, 5.41) is 4.00. The first-order valence-electron chi connectivity index (χ1n) is 7.30. The Morgan fingerprint density at radius 2 is 1.71 bits per heavy atom. The van der Waals surface area contributed by atoms with Gasteiger partial charge in [-0.1, -0.05) is 18.2 Å². The number of methoxy groups -OCH3 is 3. The highest BCUT2D eigenvalue weighted by atomic mass is 16.5. The summed E-state index contributed by atoms with van der Waals surface area (Å²) >= 11 is 0. The Morgan fingerprint density at radius 1 is 1.00 bits per heavy atom. The van der Waals surface area contributed by atoms with Gasteiger partial charge in [-0.3, -0.25) is 4.79 Å². The molecule has 6 heteroatoms.